The van der Waals surface area contributed by atoms with E-state index in [-0.39, 0.29) is 0 Å². The molecular formula is C23H17N2O. The Morgan fingerprint density at radius 2 is 1.31 bits per heavy atom. The monoisotopic (exact) mass is 337 g/mol. The van der Waals surface area contributed by atoms with E-state index in [0.717, 1.165) is 16.2 Å². The van der Waals surface area contributed by atoms with E-state index in [1.165, 1.54) is 27.1 Å². The van der Waals surface area contributed by atoms with E-state index in [4.69, 9.17) is 0 Å². The Labute approximate surface area is 151 Å². The third kappa shape index (κ3) is 2.37. The molecule has 1 heterocycles. The molecule has 0 fully saturated rings. The van der Waals surface area contributed by atoms with E-state index in [0.29, 0.717) is 18.9 Å². The molecule has 4 aromatic rings. The highest BCUT2D eigenvalue weighted by Crippen LogP contribution is 2.36. The number of amidine groups is 1. The Bertz CT molecular complexity index is 1090. The van der Waals surface area contributed by atoms with Crippen LogP contribution in [0, 0.1) is 0 Å². The van der Waals surface area contributed by atoms with Gasteiger partial charge in [0.05, 0.1) is 13.1 Å². The highest BCUT2D eigenvalue weighted by Gasteiger charge is 2.18. The number of hydrogen-bond acceptors (Lipinski definition) is 2. The summed E-state index contributed by atoms with van der Waals surface area (Å²) in [6.07, 6.45) is 0. The van der Waals surface area contributed by atoms with E-state index in [9.17, 15) is 5.21 Å². The second-order valence-corrected chi connectivity index (χ2v) is 6.58. The van der Waals surface area contributed by atoms with Crippen LogP contribution in [0.5, 0.6) is 0 Å². The number of aliphatic imine (C=N–C) groups is 1. The summed E-state index contributed by atoms with van der Waals surface area (Å²) < 4.78 is 0. The van der Waals surface area contributed by atoms with Crippen molar-refractivity contribution >= 4 is 27.4 Å². The van der Waals surface area contributed by atoms with E-state index in [1.807, 2.05) is 12.1 Å². The van der Waals surface area contributed by atoms with Crippen LogP contribution in [0.25, 0.3) is 32.7 Å². The molecule has 1 radical (unpaired) electrons. The number of rotatable bonds is 2. The van der Waals surface area contributed by atoms with Gasteiger partial charge in [-0.3, -0.25) is 4.99 Å². The van der Waals surface area contributed by atoms with Crippen molar-refractivity contribution in [3.8, 4) is 11.1 Å². The molecule has 0 bridgehead atoms. The van der Waals surface area contributed by atoms with Gasteiger partial charge < -0.3 is 0 Å². The quantitative estimate of drug-likeness (QED) is 0.470. The summed E-state index contributed by atoms with van der Waals surface area (Å²) in [5, 5.41) is 17.8. The molecule has 125 valence electrons. The number of hydrogen-bond donors (Lipinski definition) is 0. The van der Waals surface area contributed by atoms with E-state index >= 15 is 0 Å². The van der Waals surface area contributed by atoms with Gasteiger partial charge in [-0.25, -0.2) is 5.06 Å². The van der Waals surface area contributed by atoms with Crippen LogP contribution >= 0.6 is 0 Å². The first kappa shape index (κ1) is 15.1. The predicted octanol–water partition coefficient (Wildman–Crippen LogP) is 5.07. The van der Waals surface area contributed by atoms with Crippen LogP contribution in [0.15, 0.2) is 83.9 Å². The Morgan fingerprint density at radius 3 is 1.88 bits per heavy atom. The van der Waals surface area contributed by atoms with Gasteiger partial charge >= 0.3 is 0 Å². The molecule has 1 aliphatic heterocycles. The molecule has 0 saturated heterocycles. The predicted molar refractivity (Wildman–Crippen MR) is 106 cm³/mol. The van der Waals surface area contributed by atoms with Crippen LogP contribution in [-0.4, -0.2) is 24.0 Å². The number of nitrogens with zero attached hydrogens (tertiary/aromatic N) is 2. The molecule has 0 saturated carbocycles. The maximum Gasteiger partial charge on any atom is 0.158 e. The molecule has 0 amide bonds. The van der Waals surface area contributed by atoms with Crippen LogP contribution in [0.1, 0.15) is 5.56 Å². The zero-order chi connectivity index (χ0) is 17.5. The maximum atomic E-state index is 11.9. The lowest BCUT2D eigenvalue weighted by atomic mass is 9.91. The van der Waals surface area contributed by atoms with Crippen LogP contribution in [-0.2, 0) is 5.21 Å². The minimum Gasteiger partial charge on any atom is -0.264 e. The van der Waals surface area contributed by atoms with E-state index in [2.05, 4.69) is 71.7 Å². The summed E-state index contributed by atoms with van der Waals surface area (Å²) in [4.78, 5) is 4.32. The van der Waals surface area contributed by atoms with Gasteiger partial charge in [0.1, 0.15) is 0 Å². The average Bonchev–Trinajstić information content (AvgIpc) is 3.12. The van der Waals surface area contributed by atoms with Crippen LogP contribution < -0.4 is 0 Å². The average molecular weight is 337 g/mol. The number of fused-ring (bicyclic) bond motifs is 2. The van der Waals surface area contributed by atoms with Gasteiger partial charge in [-0.15, -0.1) is 0 Å². The van der Waals surface area contributed by atoms with Crippen LogP contribution in [0.2, 0.25) is 0 Å². The molecule has 26 heavy (non-hydrogen) atoms. The molecule has 4 aromatic carbocycles. The van der Waals surface area contributed by atoms with Crippen molar-refractivity contribution in [2.75, 3.05) is 13.1 Å². The van der Waals surface area contributed by atoms with Crippen molar-refractivity contribution in [1.82, 2.24) is 5.06 Å². The van der Waals surface area contributed by atoms with Gasteiger partial charge in [0.25, 0.3) is 0 Å². The highest BCUT2D eigenvalue weighted by molar-refractivity contribution is 6.12. The normalized spacial score (nSPS) is 14.2. The Balaban J connectivity index is 1.72. The maximum absolute atomic E-state index is 11.9. The second kappa shape index (κ2) is 5.97. The third-order valence-corrected chi connectivity index (χ3v) is 5.00. The topological polar surface area (TPSA) is 35.5 Å². The fourth-order valence-electron chi connectivity index (χ4n) is 3.78. The van der Waals surface area contributed by atoms with Crippen molar-refractivity contribution in [2.24, 2.45) is 4.99 Å². The summed E-state index contributed by atoms with van der Waals surface area (Å²) in [6, 6.07) is 27.4. The summed E-state index contributed by atoms with van der Waals surface area (Å²) in [5.74, 6) is 0.541. The second-order valence-electron chi connectivity index (χ2n) is 6.58. The first-order valence-corrected chi connectivity index (χ1v) is 8.82. The molecule has 3 nitrogen and oxygen atoms in total. The SMILES string of the molecule is [O]N1CCN=C1c1ccc(-c2c3ccccc3cc3ccccc23)cc1. The van der Waals surface area contributed by atoms with Gasteiger partial charge in [0.2, 0.25) is 0 Å². The molecule has 3 heteroatoms. The van der Waals surface area contributed by atoms with Gasteiger partial charge in [-0.05, 0) is 38.7 Å². The Kier molecular flexibility index (Phi) is 3.47. The van der Waals surface area contributed by atoms with Crippen molar-refractivity contribution in [3.05, 3.63) is 84.4 Å². The van der Waals surface area contributed by atoms with Gasteiger partial charge in [0.15, 0.2) is 5.84 Å². The molecule has 0 spiro atoms. The number of benzene rings is 4. The van der Waals surface area contributed by atoms with E-state index in [1.54, 1.807) is 0 Å². The molecular weight excluding hydrogens is 320 g/mol. The lowest BCUT2D eigenvalue weighted by Gasteiger charge is -2.13. The summed E-state index contributed by atoms with van der Waals surface area (Å²) in [6.45, 7) is 1.03. The lowest BCUT2D eigenvalue weighted by Crippen LogP contribution is -2.22. The van der Waals surface area contributed by atoms with Gasteiger partial charge in [0, 0.05) is 5.56 Å². The zero-order valence-electron chi connectivity index (χ0n) is 14.2. The summed E-state index contributed by atoms with van der Waals surface area (Å²) in [7, 11) is 0. The largest absolute Gasteiger partial charge is 0.264 e. The molecule has 5 rings (SSSR count). The summed E-state index contributed by atoms with van der Waals surface area (Å²) >= 11 is 0. The molecule has 1 aliphatic rings. The standard InChI is InChI=1S/C23H17N2O/c26-25-14-13-24-23(25)17-11-9-16(10-12-17)22-20-7-3-1-5-18(20)15-19-6-2-4-8-21(19)22/h1-12,15H,13-14H2. The smallest absolute Gasteiger partial charge is 0.158 e. The number of hydroxylamine groups is 2. The van der Waals surface area contributed by atoms with Crippen molar-refractivity contribution in [2.45, 2.75) is 0 Å². The minimum atomic E-state index is 0.449. The first-order valence-electron chi connectivity index (χ1n) is 8.82. The molecule has 0 atom stereocenters. The Morgan fingerprint density at radius 1 is 0.731 bits per heavy atom. The van der Waals surface area contributed by atoms with Gasteiger partial charge in [-0.1, -0.05) is 78.0 Å². The van der Waals surface area contributed by atoms with Crippen molar-refractivity contribution in [3.63, 3.8) is 0 Å². The lowest BCUT2D eigenvalue weighted by molar-refractivity contribution is -0.0789. The van der Waals surface area contributed by atoms with Crippen LogP contribution in [0.4, 0.5) is 0 Å². The first-order chi connectivity index (χ1) is 12.8. The highest BCUT2D eigenvalue weighted by atomic mass is 16.5. The molecule has 0 aliphatic carbocycles. The van der Waals surface area contributed by atoms with E-state index < -0.39 is 0 Å². The minimum absolute atomic E-state index is 0.449. The fraction of sp³-hybridized carbons (Fsp3) is 0.0870. The van der Waals surface area contributed by atoms with Crippen molar-refractivity contribution in [1.29, 1.82) is 0 Å². The fourth-order valence-corrected chi connectivity index (χ4v) is 3.78. The van der Waals surface area contributed by atoms with Gasteiger partial charge in [-0.2, -0.15) is 0 Å². The summed E-state index contributed by atoms with van der Waals surface area (Å²) in [5.41, 5.74) is 3.26. The van der Waals surface area contributed by atoms with Crippen LogP contribution in [0.3, 0.4) is 0 Å². The van der Waals surface area contributed by atoms with Crippen molar-refractivity contribution < 1.29 is 5.21 Å². The molecule has 0 N–H and O–H groups in total. The zero-order valence-corrected chi connectivity index (χ0v) is 14.2. The third-order valence-electron chi connectivity index (χ3n) is 5.00. The molecule has 0 aromatic heterocycles. The Hall–Kier alpha value is -3.17. The molecule has 0 unspecified atom stereocenters.